The second-order valence-electron chi connectivity index (χ2n) is 4.17. The van der Waals surface area contributed by atoms with Gasteiger partial charge >= 0.3 is 11.4 Å². The summed E-state index contributed by atoms with van der Waals surface area (Å²) in [4.78, 5) is 22.5. The van der Waals surface area contributed by atoms with Crippen LogP contribution in [0.25, 0.3) is 0 Å². The maximum atomic E-state index is 11.2. The van der Waals surface area contributed by atoms with E-state index in [2.05, 4.69) is 22.4 Å². The van der Waals surface area contributed by atoms with Crippen molar-refractivity contribution in [3.8, 4) is 0 Å². The molecule has 84 valence electrons. The highest BCUT2D eigenvalue weighted by atomic mass is 16.2. The number of aromatic nitrogens is 3. The molecule has 0 saturated carbocycles. The Labute approximate surface area is 86.7 Å². The van der Waals surface area contributed by atoms with Crippen molar-refractivity contribution < 1.29 is 0 Å². The number of nitrogens with one attached hydrogen (secondary N) is 3. The summed E-state index contributed by atoms with van der Waals surface area (Å²) in [6.45, 7) is 2.57. The standard InChI is InChI=1S/C9H16N4O2/c1-6-3-2-4-7(10-6)5-13-8(14)11-12-9(13)15/h6-7,10H,2-5H2,1H3,(H,11,14)(H,12,15). The molecule has 6 nitrogen and oxygen atoms in total. The predicted octanol–water partition coefficient (Wildman–Crippen LogP) is -0.605. The van der Waals surface area contributed by atoms with E-state index in [0.29, 0.717) is 12.6 Å². The number of hydrogen-bond acceptors (Lipinski definition) is 3. The molecular formula is C9H16N4O2. The van der Waals surface area contributed by atoms with Crippen LogP contribution in [0.4, 0.5) is 0 Å². The molecule has 3 N–H and O–H groups in total. The van der Waals surface area contributed by atoms with Crippen molar-refractivity contribution in [1.82, 2.24) is 20.1 Å². The summed E-state index contributed by atoms with van der Waals surface area (Å²) in [6, 6.07) is 0.695. The molecular weight excluding hydrogens is 196 g/mol. The van der Waals surface area contributed by atoms with Gasteiger partial charge in [-0.2, -0.15) is 0 Å². The van der Waals surface area contributed by atoms with Crippen LogP contribution in [0.3, 0.4) is 0 Å². The summed E-state index contributed by atoms with van der Waals surface area (Å²) in [5, 5.41) is 7.94. The number of aromatic amines is 2. The Kier molecular flexibility index (Phi) is 2.77. The van der Waals surface area contributed by atoms with Crippen molar-refractivity contribution in [3.63, 3.8) is 0 Å². The van der Waals surface area contributed by atoms with Gasteiger partial charge in [0.05, 0.1) is 0 Å². The van der Waals surface area contributed by atoms with Crippen LogP contribution in [0.2, 0.25) is 0 Å². The molecule has 0 aliphatic carbocycles. The van der Waals surface area contributed by atoms with E-state index >= 15 is 0 Å². The molecule has 1 saturated heterocycles. The number of nitrogens with zero attached hydrogens (tertiary/aromatic N) is 1. The Balaban J connectivity index is 2.08. The van der Waals surface area contributed by atoms with Gasteiger partial charge in [-0.1, -0.05) is 6.42 Å². The summed E-state index contributed by atoms with van der Waals surface area (Å²) in [6.07, 6.45) is 3.33. The number of rotatable bonds is 2. The minimum Gasteiger partial charge on any atom is -0.310 e. The van der Waals surface area contributed by atoms with Gasteiger partial charge < -0.3 is 5.32 Å². The molecule has 0 amide bonds. The van der Waals surface area contributed by atoms with E-state index in [0.717, 1.165) is 19.3 Å². The van der Waals surface area contributed by atoms with Crippen LogP contribution in [0.1, 0.15) is 26.2 Å². The van der Waals surface area contributed by atoms with Gasteiger partial charge in [-0.05, 0) is 19.8 Å². The van der Waals surface area contributed by atoms with Crippen LogP contribution < -0.4 is 16.7 Å². The molecule has 2 heterocycles. The van der Waals surface area contributed by atoms with Gasteiger partial charge in [-0.3, -0.25) is 0 Å². The Hall–Kier alpha value is -1.30. The third-order valence-corrected chi connectivity index (χ3v) is 2.88. The molecule has 1 aliphatic heterocycles. The van der Waals surface area contributed by atoms with Gasteiger partial charge in [0.2, 0.25) is 0 Å². The number of H-pyrrole nitrogens is 2. The Morgan fingerprint density at radius 3 is 2.53 bits per heavy atom. The highest BCUT2D eigenvalue weighted by Crippen LogP contribution is 2.12. The van der Waals surface area contributed by atoms with E-state index in [1.165, 1.54) is 4.57 Å². The quantitative estimate of drug-likeness (QED) is 0.612. The maximum Gasteiger partial charge on any atom is 0.344 e. The molecule has 1 aliphatic rings. The smallest absolute Gasteiger partial charge is 0.310 e. The first-order valence-electron chi connectivity index (χ1n) is 5.30. The first kappa shape index (κ1) is 10.2. The van der Waals surface area contributed by atoms with Crippen LogP contribution in [0.5, 0.6) is 0 Å². The van der Waals surface area contributed by atoms with E-state index in [-0.39, 0.29) is 17.4 Å². The molecule has 1 aromatic rings. The van der Waals surface area contributed by atoms with Crippen molar-refractivity contribution >= 4 is 0 Å². The molecule has 0 bridgehead atoms. The highest BCUT2D eigenvalue weighted by molar-refractivity contribution is 4.79. The lowest BCUT2D eigenvalue weighted by Crippen LogP contribution is -2.45. The lowest BCUT2D eigenvalue weighted by atomic mass is 10.00. The summed E-state index contributed by atoms with van der Waals surface area (Å²) in [7, 11) is 0. The molecule has 15 heavy (non-hydrogen) atoms. The summed E-state index contributed by atoms with van der Waals surface area (Å²) < 4.78 is 1.20. The van der Waals surface area contributed by atoms with Crippen LogP contribution in [0, 0.1) is 0 Å². The van der Waals surface area contributed by atoms with Gasteiger partial charge in [0.15, 0.2) is 0 Å². The van der Waals surface area contributed by atoms with Crippen molar-refractivity contribution in [3.05, 3.63) is 21.0 Å². The van der Waals surface area contributed by atoms with E-state index in [1.807, 2.05) is 0 Å². The first-order chi connectivity index (χ1) is 7.16. The Bertz CT molecular complexity index is 402. The van der Waals surface area contributed by atoms with E-state index < -0.39 is 0 Å². The fourth-order valence-corrected chi connectivity index (χ4v) is 2.10. The Morgan fingerprint density at radius 1 is 1.27 bits per heavy atom. The molecule has 0 radical (unpaired) electrons. The highest BCUT2D eigenvalue weighted by Gasteiger charge is 2.19. The third-order valence-electron chi connectivity index (χ3n) is 2.88. The summed E-state index contributed by atoms with van der Waals surface area (Å²) in [5.41, 5.74) is -0.722. The molecule has 1 fully saturated rings. The van der Waals surface area contributed by atoms with Crippen LogP contribution in [0.15, 0.2) is 9.59 Å². The predicted molar refractivity (Wildman–Crippen MR) is 55.9 cm³/mol. The monoisotopic (exact) mass is 212 g/mol. The average Bonchev–Trinajstić information content (AvgIpc) is 2.50. The van der Waals surface area contributed by atoms with Crippen molar-refractivity contribution in [2.24, 2.45) is 0 Å². The van der Waals surface area contributed by atoms with Gasteiger partial charge in [-0.15, -0.1) is 0 Å². The second-order valence-corrected chi connectivity index (χ2v) is 4.17. The van der Waals surface area contributed by atoms with Crippen molar-refractivity contribution in [2.75, 3.05) is 0 Å². The minimum atomic E-state index is -0.361. The fraction of sp³-hybridized carbons (Fsp3) is 0.778. The molecule has 6 heteroatoms. The first-order valence-corrected chi connectivity index (χ1v) is 5.30. The lowest BCUT2D eigenvalue weighted by molar-refractivity contribution is 0.304. The zero-order chi connectivity index (χ0) is 10.8. The molecule has 2 rings (SSSR count). The molecule has 0 spiro atoms. The Morgan fingerprint density at radius 2 is 1.93 bits per heavy atom. The van der Waals surface area contributed by atoms with Gasteiger partial charge in [0.1, 0.15) is 0 Å². The maximum absolute atomic E-state index is 11.2. The van der Waals surface area contributed by atoms with E-state index in [1.54, 1.807) is 0 Å². The molecule has 2 unspecified atom stereocenters. The van der Waals surface area contributed by atoms with Crippen molar-refractivity contribution in [2.45, 2.75) is 44.8 Å². The largest absolute Gasteiger partial charge is 0.344 e. The minimum absolute atomic E-state index is 0.225. The summed E-state index contributed by atoms with van der Waals surface area (Å²) >= 11 is 0. The fourth-order valence-electron chi connectivity index (χ4n) is 2.10. The zero-order valence-corrected chi connectivity index (χ0v) is 8.75. The molecule has 2 atom stereocenters. The van der Waals surface area contributed by atoms with Crippen molar-refractivity contribution in [1.29, 1.82) is 0 Å². The normalized spacial score (nSPS) is 26.7. The van der Waals surface area contributed by atoms with E-state index in [9.17, 15) is 9.59 Å². The third kappa shape index (κ3) is 2.20. The van der Waals surface area contributed by atoms with E-state index in [4.69, 9.17) is 0 Å². The average molecular weight is 212 g/mol. The summed E-state index contributed by atoms with van der Waals surface area (Å²) in [5.74, 6) is 0. The SMILES string of the molecule is CC1CCCC(Cn2c(=O)[nH][nH]c2=O)N1. The topological polar surface area (TPSA) is 82.7 Å². The van der Waals surface area contributed by atoms with Gasteiger partial charge in [0.25, 0.3) is 0 Å². The number of hydrogen-bond donors (Lipinski definition) is 3. The second kappa shape index (κ2) is 4.06. The lowest BCUT2D eigenvalue weighted by Gasteiger charge is -2.28. The number of piperidine rings is 1. The molecule has 1 aromatic heterocycles. The van der Waals surface area contributed by atoms with Crippen LogP contribution in [-0.2, 0) is 6.54 Å². The van der Waals surface area contributed by atoms with Gasteiger partial charge in [-0.25, -0.2) is 24.4 Å². The zero-order valence-electron chi connectivity index (χ0n) is 8.75. The van der Waals surface area contributed by atoms with Gasteiger partial charge in [0, 0.05) is 18.6 Å². The van der Waals surface area contributed by atoms with Crippen LogP contribution >= 0.6 is 0 Å². The molecule has 0 aromatic carbocycles. The van der Waals surface area contributed by atoms with Crippen LogP contribution in [-0.4, -0.2) is 26.8 Å².